The minimum Gasteiger partial charge on any atom is -0.497 e. The molecular formula is C8H14Cl2N2O. The van der Waals surface area contributed by atoms with E-state index in [0.29, 0.717) is 0 Å². The number of hydrogen-bond acceptors (Lipinski definition) is 3. The van der Waals surface area contributed by atoms with Crippen LogP contribution in [0.3, 0.4) is 0 Å². The van der Waals surface area contributed by atoms with E-state index in [9.17, 15) is 0 Å². The van der Waals surface area contributed by atoms with E-state index in [0.717, 1.165) is 11.4 Å². The second-order valence-corrected chi connectivity index (χ2v) is 2.41. The van der Waals surface area contributed by atoms with E-state index in [1.54, 1.807) is 19.4 Å². The van der Waals surface area contributed by atoms with E-state index in [4.69, 9.17) is 10.5 Å². The number of rotatable bonds is 2. The van der Waals surface area contributed by atoms with Gasteiger partial charge in [0.05, 0.1) is 12.8 Å². The Morgan fingerprint density at radius 2 is 2.08 bits per heavy atom. The van der Waals surface area contributed by atoms with Gasteiger partial charge in [-0.2, -0.15) is 0 Å². The largest absolute Gasteiger partial charge is 0.497 e. The third-order valence-corrected chi connectivity index (χ3v) is 1.45. The molecule has 13 heavy (non-hydrogen) atoms. The van der Waals surface area contributed by atoms with Crippen LogP contribution in [0.25, 0.3) is 0 Å². The first kappa shape index (κ1) is 15.0. The number of ether oxygens (including phenoxy) is 1. The van der Waals surface area contributed by atoms with E-state index >= 15 is 0 Å². The van der Waals surface area contributed by atoms with Crippen LogP contribution in [0.4, 0.5) is 0 Å². The summed E-state index contributed by atoms with van der Waals surface area (Å²) < 4.78 is 5.01. The van der Waals surface area contributed by atoms with Crippen LogP contribution in [0.1, 0.15) is 18.7 Å². The number of hydrogen-bond donors (Lipinski definition) is 1. The van der Waals surface area contributed by atoms with Crippen molar-refractivity contribution in [2.75, 3.05) is 7.11 Å². The molecule has 0 amide bonds. The van der Waals surface area contributed by atoms with E-state index in [2.05, 4.69) is 4.98 Å². The van der Waals surface area contributed by atoms with Crippen LogP contribution in [-0.4, -0.2) is 12.1 Å². The lowest BCUT2D eigenvalue weighted by atomic mass is 10.2. The summed E-state index contributed by atoms with van der Waals surface area (Å²) in [5.41, 5.74) is 6.47. The van der Waals surface area contributed by atoms with Crippen molar-refractivity contribution in [1.82, 2.24) is 4.98 Å². The highest BCUT2D eigenvalue weighted by Crippen LogP contribution is 2.13. The number of nitrogens with zero attached hydrogens (tertiary/aromatic N) is 1. The summed E-state index contributed by atoms with van der Waals surface area (Å²) >= 11 is 0. The molecule has 0 unspecified atom stereocenters. The Morgan fingerprint density at radius 1 is 1.46 bits per heavy atom. The molecule has 1 rings (SSSR count). The lowest BCUT2D eigenvalue weighted by Gasteiger charge is -2.05. The summed E-state index contributed by atoms with van der Waals surface area (Å²) in [6.07, 6.45) is 1.69. The molecule has 1 aromatic rings. The van der Waals surface area contributed by atoms with Crippen molar-refractivity contribution in [2.45, 2.75) is 13.0 Å². The first-order valence-electron chi connectivity index (χ1n) is 3.49. The van der Waals surface area contributed by atoms with Gasteiger partial charge in [-0.1, -0.05) is 0 Å². The number of halogens is 2. The molecule has 0 saturated carbocycles. The summed E-state index contributed by atoms with van der Waals surface area (Å²) in [5.74, 6) is 0.798. The number of methoxy groups -OCH3 is 1. The molecular weight excluding hydrogens is 211 g/mol. The van der Waals surface area contributed by atoms with Crippen LogP contribution < -0.4 is 10.5 Å². The van der Waals surface area contributed by atoms with Crippen molar-refractivity contribution in [3.05, 3.63) is 24.0 Å². The molecule has 5 heteroatoms. The van der Waals surface area contributed by atoms with Crippen LogP contribution >= 0.6 is 24.8 Å². The summed E-state index contributed by atoms with van der Waals surface area (Å²) in [6.45, 7) is 1.89. The molecule has 0 fully saturated rings. The molecule has 2 N–H and O–H groups in total. The van der Waals surface area contributed by atoms with Gasteiger partial charge in [-0.3, -0.25) is 4.98 Å². The molecule has 0 bridgehead atoms. The molecule has 1 aromatic heterocycles. The van der Waals surface area contributed by atoms with Gasteiger partial charge in [0.2, 0.25) is 0 Å². The monoisotopic (exact) mass is 224 g/mol. The molecule has 76 valence electrons. The molecule has 0 saturated heterocycles. The van der Waals surface area contributed by atoms with Crippen molar-refractivity contribution in [1.29, 1.82) is 0 Å². The Balaban J connectivity index is 0. The van der Waals surface area contributed by atoms with Gasteiger partial charge in [0.15, 0.2) is 0 Å². The van der Waals surface area contributed by atoms with Crippen LogP contribution in [0.5, 0.6) is 5.75 Å². The highest BCUT2D eigenvalue weighted by atomic mass is 35.5. The van der Waals surface area contributed by atoms with Gasteiger partial charge in [-0.15, -0.1) is 24.8 Å². The fraction of sp³-hybridized carbons (Fsp3) is 0.375. The predicted molar refractivity (Wildman–Crippen MR) is 57.9 cm³/mol. The maximum Gasteiger partial charge on any atom is 0.122 e. The summed E-state index contributed by atoms with van der Waals surface area (Å²) in [4.78, 5) is 4.08. The zero-order chi connectivity index (χ0) is 8.27. The molecule has 1 atom stereocenters. The molecule has 1 heterocycles. The number of nitrogens with two attached hydrogens (primary N) is 1. The summed E-state index contributed by atoms with van der Waals surface area (Å²) in [5, 5.41) is 0. The standard InChI is InChI=1S/C8H12N2O.2ClH/c1-6(9)8-5-7(11-2)3-4-10-8;;/h3-6H,9H2,1-2H3;2*1H/t6-;;/m0../s1. The molecule has 0 aliphatic heterocycles. The first-order chi connectivity index (χ1) is 5.24. The summed E-state index contributed by atoms with van der Waals surface area (Å²) in [7, 11) is 1.63. The van der Waals surface area contributed by atoms with Crippen molar-refractivity contribution in [3.63, 3.8) is 0 Å². The Hall–Kier alpha value is -0.510. The molecule has 0 aromatic carbocycles. The van der Waals surface area contributed by atoms with Crippen LogP contribution in [0.2, 0.25) is 0 Å². The topological polar surface area (TPSA) is 48.1 Å². The first-order valence-corrected chi connectivity index (χ1v) is 3.49. The zero-order valence-electron chi connectivity index (χ0n) is 7.56. The van der Waals surface area contributed by atoms with Gasteiger partial charge in [0, 0.05) is 18.3 Å². The van der Waals surface area contributed by atoms with Crippen molar-refractivity contribution in [3.8, 4) is 5.75 Å². The molecule has 0 radical (unpaired) electrons. The Morgan fingerprint density at radius 3 is 2.54 bits per heavy atom. The van der Waals surface area contributed by atoms with Crippen LogP contribution in [0.15, 0.2) is 18.3 Å². The molecule has 0 aliphatic carbocycles. The van der Waals surface area contributed by atoms with Crippen molar-refractivity contribution >= 4 is 24.8 Å². The SMILES string of the molecule is COc1ccnc([C@H](C)N)c1.Cl.Cl. The van der Waals surface area contributed by atoms with Gasteiger partial charge < -0.3 is 10.5 Å². The molecule has 0 spiro atoms. The Bertz CT molecular complexity index is 243. The van der Waals surface area contributed by atoms with E-state index < -0.39 is 0 Å². The average Bonchev–Trinajstić information content (AvgIpc) is 2.05. The van der Waals surface area contributed by atoms with Crippen molar-refractivity contribution in [2.24, 2.45) is 5.73 Å². The van der Waals surface area contributed by atoms with Gasteiger partial charge >= 0.3 is 0 Å². The van der Waals surface area contributed by atoms with Gasteiger partial charge in [-0.05, 0) is 13.0 Å². The zero-order valence-corrected chi connectivity index (χ0v) is 9.19. The maximum atomic E-state index is 5.62. The predicted octanol–water partition coefficient (Wildman–Crippen LogP) is 1.95. The molecule has 3 nitrogen and oxygen atoms in total. The van der Waals surface area contributed by atoms with Crippen LogP contribution in [0, 0.1) is 0 Å². The van der Waals surface area contributed by atoms with E-state index in [-0.39, 0.29) is 30.9 Å². The lowest BCUT2D eigenvalue weighted by Crippen LogP contribution is -2.06. The highest BCUT2D eigenvalue weighted by Gasteiger charge is 2.00. The smallest absolute Gasteiger partial charge is 0.122 e. The van der Waals surface area contributed by atoms with Gasteiger partial charge in [-0.25, -0.2) is 0 Å². The third-order valence-electron chi connectivity index (χ3n) is 1.45. The van der Waals surface area contributed by atoms with Gasteiger partial charge in [0.25, 0.3) is 0 Å². The minimum absolute atomic E-state index is 0. The minimum atomic E-state index is -0.0369. The Kier molecular flexibility index (Phi) is 8.01. The highest BCUT2D eigenvalue weighted by molar-refractivity contribution is 5.85. The van der Waals surface area contributed by atoms with E-state index in [1.165, 1.54) is 0 Å². The third kappa shape index (κ3) is 4.31. The average molecular weight is 225 g/mol. The fourth-order valence-corrected chi connectivity index (χ4v) is 0.804. The van der Waals surface area contributed by atoms with Gasteiger partial charge in [0.1, 0.15) is 5.75 Å². The quantitative estimate of drug-likeness (QED) is 0.836. The number of pyridine rings is 1. The second kappa shape index (κ2) is 6.95. The molecule has 0 aliphatic rings. The fourth-order valence-electron chi connectivity index (χ4n) is 0.804. The maximum absolute atomic E-state index is 5.62. The summed E-state index contributed by atoms with van der Waals surface area (Å²) in [6, 6.07) is 3.60. The number of aromatic nitrogens is 1. The van der Waals surface area contributed by atoms with E-state index in [1.807, 2.05) is 13.0 Å². The second-order valence-electron chi connectivity index (χ2n) is 2.41. The van der Waals surface area contributed by atoms with Crippen molar-refractivity contribution < 1.29 is 4.74 Å². The normalized spacial score (nSPS) is 10.7. The Labute approximate surface area is 90.5 Å². The van der Waals surface area contributed by atoms with Crippen LogP contribution in [-0.2, 0) is 0 Å². The lowest BCUT2D eigenvalue weighted by molar-refractivity contribution is 0.413.